The summed E-state index contributed by atoms with van der Waals surface area (Å²) in [6.45, 7) is 5.72. The second kappa shape index (κ2) is 7.03. The van der Waals surface area contributed by atoms with Crippen LogP contribution in [0.2, 0.25) is 0 Å². The Morgan fingerprint density at radius 1 is 1.55 bits per heavy atom. The van der Waals surface area contributed by atoms with Crippen LogP contribution < -0.4 is 5.32 Å². The maximum absolute atomic E-state index is 11.9. The number of tetrazole rings is 1. The molecule has 1 fully saturated rings. The molecule has 0 aromatic carbocycles. The second-order valence-electron chi connectivity index (χ2n) is 5.32. The van der Waals surface area contributed by atoms with Gasteiger partial charge >= 0.3 is 0 Å². The Kier molecular flexibility index (Phi) is 5.36. The number of thioether (sulfide) groups is 1. The van der Waals surface area contributed by atoms with Crippen LogP contribution in [0.5, 0.6) is 0 Å². The number of aromatic nitrogens is 4. The maximum Gasteiger partial charge on any atom is 0.233 e. The fourth-order valence-electron chi connectivity index (χ4n) is 1.79. The zero-order valence-corrected chi connectivity index (χ0v) is 13.1. The predicted octanol–water partition coefficient (Wildman–Crippen LogP) is 0.384. The average molecular weight is 298 g/mol. The Balaban J connectivity index is 1.77. The van der Waals surface area contributed by atoms with Gasteiger partial charge in [0.25, 0.3) is 0 Å². The van der Waals surface area contributed by atoms with Gasteiger partial charge in [-0.05, 0) is 23.3 Å². The Hall–Kier alpha value is -1.15. The van der Waals surface area contributed by atoms with Crippen LogP contribution in [0.15, 0.2) is 5.16 Å². The number of carbonyl (C=O) groups is 1. The molecule has 1 aliphatic carbocycles. The SMILES string of the molecule is CC(C)NCCn1nnnc1SCC(=O)N(C)C1CC1. The smallest absolute Gasteiger partial charge is 0.233 e. The van der Waals surface area contributed by atoms with E-state index in [1.807, 2.05) is 11.9 Å². The van der Waals surface area contributed by atoms with Crippen LogP contribution in [0.3, 0.4) is 0 Å². The molecule has 0 aliphatic heterocycles. The Labute approximate surface area is 123 Å². The van der Waals surface area contributed by atoms with E-state index in [1.54, 1.807) is 4.68 Å². The van der Waals surface area contributed by atoms with Gasteiger partial charge in [-0.3, -0.25) is 4.79 Å². The van der Waals surface area contributed by atoms with Crippen molar-refractivity contribution < 1.29 is 4.79 Å². The first kappa shape index (κ1) is 15.2. The Morgan fingerprint density at radius 2 is 2.30 bits per heavy atom. The highest BCUT2D eigenvalue weighted by Gasteiger charge is 2.29. The number of carbonyl (C=O) groups excluding carboxylic acids is 1. The summed E-state index contributed by atoms with van der Waals surface area (Å²) in [7, 11) is 1.87. The summed E-state index contributed by atoms with van der Waals surface area (Å²) in [4.78, 5) is 13.8. The molecule has 0 radical (unpaired) electrons. The molecule has 1 saturated carbocycles. The monoisotopic (exact) mass is 298 g/mol. The van der Waals surface area contributed by atoms with E-state index in [0.717, 1.165) is 19.4 Å². The van der Waals surface area contributed by atoms with Gasteiger partial charge in [-0.15, -0.1) is 5.10 Å². The molecule has 0 unspecified atom stereocenters. The summed E-state index contributed by atoms with van der Waals surface area (Å²) < 4.78 is 1.74. The lowest BCUT2D eigenvalue weighted by atomic mass is 10.4. The topological polar surface area (TPSA) is 75.9 Å². The molecule has 1 aliphatic rings. The fourth-order valence-corrected chi connectivity index (χ4v) is 2.62. The van der Waals surface area contributed by atoms with Crippen LogP contribution in [0, 0.1) is 0 Å². The lowest BCUT2D eigenvalue weighted by Gasteiger charge is -2.15. The predicted molar refractivity (Wildman–Crippen MR) is 77.5 cm³/mol. The van der Waals surface area contributed by atoms with Crippen molar-refractivity contribution in [1.82, 2.24) is 30.4 Å². The number of nitrogens with one attached hydrogen (secondary N) is 1. The van der Waals surface area contributed by atoms with Crippen molar-refractivity contribution >= 4 is 17.7 Å². The molecular weight excluding hydrogens is 276 g/mol. The number of hydrogen-bond acceptors (Lipinski definition) is 6. The number of nitrogens with zero attached hydrogens (tertiary/aromatic N) is 5. The molecule has 1 amide bonds. The Bertz CT molecular complexity index is 445. The number of amides is 1. The zero-order valence-electron chi connectivity index (χ0n) is 12.2. The van der Waals surface area contributed by atoms with Gasteiger partial charge in [0, 0.05) is 25.7 Å². The summed E-state index contributed by atoms with van der Waals surface area (Å²) in [5.74, 6) is 0.540. The summed E-state index contributed by atoms with van der Waals surface area (Å²) in [5, 5.41) is 15.6. The second-order valence-corrected chi connectivity index (χ2v) is 6.26. The maximum atomic E-state index is 11.9. The van der Waals surface area contributed by atoms with E-state index in [0.29, 0.717) is 29.5 Å². The van der Waals surface area contributed by atoms with Crippen LogP contribution in [0.25, 0.3) is 0 Å². The fraction of sp³-hybridized carbons (Fsp3) is 0.833. The van der Waals surface area contributed by atoms with E-state index in [9.17, 15) is 4.79 Å². The lowest BCUT2D eigenvalue weighted by Crippen LogP contribution is -2.30. The van der Waals surface area contributed by atoms with Gasteiger partial charge < -0.3 is 10.2 Å². The van der Waals surface area contributed by atoms with Crippen LogP contribution in [-0.4, -0.2) is 62.4 Å². The van der Waals surface area contributed by atoms with E-state index >= 15 is 0 Å². The molecule has 7 nitrogen and oxygen atoms in total. The quantitative estimate of drug-likeness (QED) is 0.700. The largest absolute Gasteiger partial charge is 0.342 e. The molecule has 20 heavy (non-hydrogen) atoms. The van der Waals surface area contributed by atoms with Gasteiger partial charge in [0.05, 0.1) is 12.3 Å². The third kappa shape index (κ3) is 4.45. The van der Waals surface area contributed by atoms with Crippen LogP contribution in [0.1, 0.15) is 26.7 Å². The first-order valence-electron chi connectivity index (χ1n) is 6.96. The van der Waals surface area contributed by atoms with Gasteiger partial charge in [0.2, 0.25) is 11.1 Å². The van der Waals surface area contributed by atoms with Crippen molar-refractivity contribution in [3.05, 3.63) is 0 Å². The van der Waals surface area contributed by atoms with E-state index in [4.69, 9.17) is 0 Å². The van der Waals surface area contributed by atoms with Crippen LogP contribution in [0.4, 0.5) is 0 Å². The van der Waals surface area contributed by atoms with Crippen LogP contribution in [-0.2, 0) is 11.3 Å². The van der Waals surface area contributed by atoms with E-state index in [2.05, 4.69) is 34.7 Å². The van der Waals surface area contributed by atoms with Crippen molar-refractivity contribution in [2.75, 3.05) is 19.3 Å². The molecule has 0 atom stereocenters. The molecule has 112 valence electrons. The van der Waals surface area contributed by atoms with E-state index in [1.165, 1.54) is 11.8 Å². The number of hydrogen-bond donors (Lipinski definition) is 1. The van der Waals surface area contributed by atoms with Crippen molar-refractivity contribution in [2.45, 2.75) is 50.5 Å². The molecule has 0 saturated heterocycles. The highest BCUT2D eigenvalue weighted by Crippen LogP contribution is 2.26. The summed E-state index contributed by atoms with van der Waals surface area (Å²) in [6.07, 6.45) is 2.26. The molecule has 8 heteroatoms. The van der Waals surface area contributed by atoms with Gasteiger partial charge in [-0.25, -0.2) is 4.68 Å². The molecule has 1 aromatic rings. The third-order valence-electron chi connectivity index (χ3n) is 3.19. The molecule has 0 spiro atoms. The molecule has 1 heterocycles. The lowest BCUT2D eigenvalue weighted by molar-refractivity contribution is -0.127. The van der Waals surface area contributed by atoms with Crippen molar-refractivity contribution in [1.29, 1.82) is 0 Å². The minimum Gasteiger partial charge on any atom is -0.342 e. The minimum absolute atomic E-state index is 0.146. The Morgan fingerprint density at radius 3 is 2.95 bits per heavy atom. The van der Waals surface area contributed by atoms with Crippen molar-refractivity contribution in [3.63, 3.8) is 0 Å². The molecule has 1 aromatic heterocycles. The normalized spacial score (nSPS) is 14.8. The first-order valence-corrected chi connectivity index (χ1v) is 7.94. The number of rotatable bonds is 8. The highest BCUT2D eigenvalue weighted by atomic mass is 32.2. The first-order chi connectivity index (χ1) is 9.58. The molecular formula is C12H22N6OS. The molecule has 2 rings (SSSR count). The molecule has 1 N–H and O–H groups in total. The van der Waals surface area contributed by atoms with Gasteiger partial charge in [0.1, 0.15) is 0 Å². The van der Waals surface area contributed by atoms with Gasteiger partial charge in [-0.1, -0.05) is 25.6 Å². The zero-order chi connectivity index (χ0) is 14.5. The summed E-state index contributed by atoms with van der Waals surface area (Å²) in [6, 6.07) is 0.894. The highest BCUT2D eigenvalue weighted by molar-refractivity contribution is 7.99. The standard InChI is InChI=1S/C12H22N6OS/c1-9(2)13-6-7-18-12(14-15-16-18)20-8-11(19)17(3)10-4-5-10/h9-10,13H,4-8H2,1-3H3. The average Bonchev–Trinajstić information content (AvgIpc) is 3.16. The van der Waals surface area contributed by atoms with E-state index in [-0.39, 0.29) is 5.91 Å². The molecule has 0 bridgehead atoms. The van der Waals surface area contributed by atoms with Crippen molar-refractivity contribution in [2.24, 2.45) is 0 Å². The summed E-state index contributed by atoms with van der Waals surface area (Å²) in [5.41, 5.74) is 0. The van der Waals surface area contributed by atoms with Gasteiger partial charge in [0.15, 0.2) is 0 Å². The summed E-state index contributed by atoms with van der Waals surface area (Å²) >= 11 is 1.40. The van der Waals surface area contributed by atoms with E-state index < -0.39 is 0 Å². The van der Waals surface area contributed by atoms with Crippen molar-refractivity contribution in [3.8, 4) is 0 Å². The third-order valence-corrected chi connectivity index (χ3v) is 4.13. The van der Waals surface area contributed by atoms with Gasteiger partial charge in [-0.2, -0.15) is 0 Å². The minimum atomic E-state index is 0.146. The van der Waals surface area contributed by atoms with Crippen LogP contribution >= 0.6 is 11.8 Å².